The molecule has 0 saturated carbocycles. The summed E-state index contributed by atoms with van der Waals surface area (Å²) in [6, 6.07) is 14.0. The second-order valence-corrected chi connectivity index (χ2v) is 15.2. The van der Waals surface area contributed by atoms with Gasteiger partial charge in [-0.05, 0) is 92.1 Å². The molecule has 3 aromatic carbocycles. The number of cyclic esters (lactones) is 1. The second kappa shape index (κ2) is 16.8. The molecule has 0 fully saturated rings. The molecule has 11 N–H and O–H groups in total. The number of phenols is 1. The molecule has 0 aromatic heterocycles. The van der Waals surface area contributed by atoms with Crippen LogP contribution in [0.5, 0.6) is 11.5 Å². The van der Waals surface area contributed by atoms with Crippen LogP contribution in [-0.2, 0) is 14.9 Å². The fraction of sp³-hybridized carbons (Fsp3) is 0.472. The number of carbonyl (C=O) groups excluding carboxylic acids is 1. The average molecular weight is 721 g/mol. The topological polar surface area (TPSA) is 255 Å². The van der Waals surface area contributed by atoms with E-state index in [1.165, 1.54) is 6.07 Å². The summed E-state index contributed by atoms with van der Waals surface area (Å²) >= 11 is 0. The molecule has 0 radical (unpaired) electrons. The number of aromatic hydroxyl groups is 1. The Morgan fingerprint density at radius 3 is 1.66 bits per heavy atom. The van der Waals surface area contributed by atoms with Gasteiger partial charge in [0.2, 0.25) is 0 Å². The van der Waals surface area contributed by atoms with Gasteiger partial charge in [-0.2, -0.15) is 0 Å². The zero-order valence-electron chi connectivity index (χ0n) is 30.1. The molecule has 3 aromatic rings. The number of phosphoric ester groups is 1. The first-order valence-electron chi connectivity index (χ1n) is 16.2. The van der Waals surface area contributed by atoms with Crippen molar-refractivity contribution in [2.24, 2.45) is 0 Å². The summed E-state index contributed by atoms with van der Waals surface area (Å²) in [5.74, 6) is -0.574. The van der Waals surface area contributed by atoms with Gasteiger partial charge in [0, 0.05) is 16.7 Å². The molecule has 1 heterocycles. The summed E-state index contributed by atoms with van der Waals surface area (Å²) in [5.41, 5.74) is 9.45. The van der Waals surface area contributed by atoms with Crippen LogP contribution in [0, 0.1) is 13.8 Å². The number of carbonyl (C=O) groups is 1. The lowest BCUT2D eigenvalue weighted by atomic mass is 9.72. The maximum Gasteiger partial charge on any atom is 0.340 e. The summed E-state index contributed by atoms with van der Waals surface area (Å²) in [5, 5.41) is 44.0. The minimum atomic E-state index is -5.29. The molecule has 0 spiro atoms. The van der Waals surface area contributed by atoms with Gasteiger partial charge in [-0.25, -0.2) is 4.79 Å². The highest BCUT2D eigenvalue weighted by Gasteiger charge is 2.51. The zero-order valence-corrected chi connectivity index (χ0v) is 31.0. The molecule has 1 unspecified atom stereocenters. The van der Waals surface area contributed by atoms with Crippen molar-refractivity contribution < 1.29 is 65.4 Å². The van der Waals surface area contributed by atoms with Crippen molar-refractivity contribution in [1.29, 1.82) is 0 Å². The molecule has 0 amide bonds. The SMILES string of the molecule is CC([NH3+])(CO)CO.CC([NH3+])(CO)CO.Cc1cc(C2(c3cc(C)c(OP(=O)([O-])[O-])cc3C(C)C)OC(=O)c3ccccc32)c(C(C)C)cc1O. The van der Waals surface area contributed by atoms with Gasteiger partial charge in [0.05, 0.1) is 32.0 Å². The van der Waals surface area contributed by atoms with E-state index in [2.05, 4.69) is 11.5 Å². The highest BCUT2D eigenvalue weighted by atomic mass is 31.2. The van der Waals surface area contributed by atoms with Crippen molar-refractivity contribution in [1.82, 2.24) is 0 Å². The number of aryl methyl sites for hydroxylation is 2. The largest absolute Gasteiger partial charge is 0.780 e. The normalized spacial score (nSPS) is 15.9. The van der Waals surface area contributed by atoms with Crippen LogP contribution in [0.2, 0.25) is 0 Å². The van der Waals surface area contributed by atoms with Crippen molar-refractivity contribution in [2.45, 2.75) is 83.9 Å². The molecular weight excluding hydrogens is 667 g/mol. The molecule has 0 saturated heterocycles. The lowest BCUT2D eigenvalue weighted by Gasteiger charge is -2.37. The van der Waals surface area contributed by atoms with E-state index in [0.29, 0.717) is 38.9 Å². The van der Waals surface area contributed by atoms with Crippen LogP contribution in [-0.4, -0.2) is 69.0 Å². The number of phosphoric acid groups is 1. The van der Waals surface area contributed by atoms with Crippen molar-refractivity contribution >= 4 is 13.8 Å². The maximum absolute atomic E-state index is 13.3. The molecule has 13 nitrogen and oxygen atoms in total. The Hall–Kier alpha value is -3.36. The number of ether oxygens (including phenoxy) is 1. The summed E-state index contributed by atoms with van der Waals surface area (Å²) in [7, 11) is -5.29. The van der Waals surface area contributed by atoms with Gasteiger partial charge in [0.1, 0.15) is 30.4 Å². The molecule has 4 rings (SSSR count). The molecule has 278 valence electrons. The van der Waals surface area contributed by atoms with E-state index in [-0.39, 0.29) is 49.8 Å². The van der Waals surface area contributed by atoms with Gasteiger partial charge in [0.25, 0.3) is 0 Å². The van der Waals surface area contributed by atoms with Crippen LogP contribution in [0.1, 0.15) is 103 Å². The molecule has 1 aliphatic heterocycles. The van der Waals surface area contributed by atoms with Gasteiger partial charge in [-0.1, -0.05) is 45.9 Å². The number of aliphatic hydroxyl groups is 4. The predicted octanol–water partition coefficient (Wildman–Crippen LogP) is 0.869. The number of esters is 1. The van der Waals surface area contributed by atoms with Crippen LogP contribution in [0.25, 0.3) is 0 Å². The highest BCUT2D eigenvalue weighted by molar-refractivity contribution is 7.43. The number of benzene rings is 3. The van der Waals surface area contributed by atoms with E-state index in [9.17, 15) is 24.3 Å². The first-order chi connectivity index (χ1) is 23.0. The Morgan fingerprint density at radius 2 is 1.24 bits per heavy atom. The van der Waals surface area contributed by atoms with Gasteiger partial charge in [-0.15, -0.1) is 0 Å². The van der Waals surface area contributed by atoms with Gasteiger partial charge >= 0.3 is 5.97 Å². The standard InChI is InChI=1S/C28H31O7P.2C4H11NO2/c1-15(2)20-13-25(29)17(5)11-23(20)28(22-10-8-7-9-19(22)27(30)34-28)24-12-18(6)26(35-36(31,32)33)14-21(24)16(3)4;2*1-4(5,2-6)3-7/h7-16,29H,1-6H3,(H2,31,32,33);2*6-7H,2-3,5H2,1H3. The molecule has 1 atom stereocenters. The van der Waals surface area contributed by atoms with E-state index < -0.39 is 30.5 Å². The van der Waals surface area contributed by atoms with Crippen molar-refractivity contribution in [3.8, 4) is 11.5 Å². The third kappa shape index (κ3) is 10.1. The summed E-state index contributed by atoms with van der Waals surface area (Å²) in [6.07, 6.45) is 0. The zero-order chi connectivity index (χ0) is 38.4. The Balaban J connectivity index is 0.000000521. The monoisotopic (exact) mass is 720 g/mol. The van der Waals surface area contributed by atoms with Crippen LogP contribution < -0.4 is 25.8 Å². The first-order valence-corrected chi connectivity index (χ1v) is 17.6. The lowest BCUT2D eigenvalue weighted by Crippen LogP contribution is -2.74. The number of aliphatic hydroxyl groups excluding tert-OH is 4. The lowest BCUT2D eigenvalue weighted by molar-refractivity contribution is -0.483. The number of hydrogen-bond acceptors (Lipinski definition) is 11. The van der Waals surface area contributed by atoms with E-state index in [1.54, 1.807) is 52.0 Å². The number of quaternary nitrogens is 2. The average Bonchev–Trinajstić information content (AvgIpc) is 3.35. The quantitative estimate of drug-likeness (QED) is 0.114. The van der Waals surface area contributed by atoms with Gasteiger partial charge in [0.15, 0.2) is 5.60 Å². The Kier molecular flexibility index (Phi) is 14.4. The van der Waals surface area contributed by atoms with E-state index in [0.717, 1.165) is 5.56 Å². The molecule has 50 heavy (non-hydrogen) atoms. The molecule has 0 bridgehead atoms. The third-order valence-electron chi connectivity index (χ3n) is 8.23. The van der Waals surface area contributed by atoms with Gasteiger partial charge in [-0.3, -0.25) is 0 Å². The van der Waals surface area contributed by atoms with Crippen LogP contribution in [0.3, 0.4) is 0 Å². The van der Waals surface area contributed by atoms with Crippen molar-refractivity contribution in [3.63, 3.8) is 0 Å². The number of hydrogen-bond donors (Lipinski definition) is 7. The molecular formula is C36H53N2O11P. The van der Waals surface area contributed by atoms with Crippen LogP contribution in [0.4, 0.5) is 0 Å². The third-order valence-corrected chi connectivity index (χ3v) is 8.65. The van der Waals surface area contributed by atoms with E-state index in [1.807, 2.05) is 45.9 Å². The second-order valence-electron chi connectivity index (χ2n) is 14.1. The summed E-state index contributed by atoms with van der Waals surface area (Å²) in [6.45, 7) is 14.4. The Labute approximate surface area is 293 Å². The van der Waals surface area contributed by atoms with Crippen molar-refractivity contribution in [3.05, 3.63) is 93.0 Å². The summed E-state index contributed by atoms with van der Waals surface area (Å²) < 4.78 is 22.5. The fourth-order valence-corrected chi connectivity index (χ4v) is 5.50. The van der Waals surface area contributed by atoms with Crippen LogP contribution >= 0.6 is 7.82 Å². The minimum absolute atomic E-state index is 0.0205. The minimum Gasteiger partial charge on any atom is -0.780 e. The smallest absolute Gasteiger partial charge is 0.340 e. The number of phenolic OH excluding ortho intramolecular Hbond substituents is 1. The Morgan fingerprint density at radius 1 is 0.800 bits per heavy atom. The highest BCUT2D eigenvalue weighted by Crippen LogP contribution is 2.53. The molecule has 1 aliphatic rings. The van der Waals surface area contributed by atoms with Gasteiger partial charge < -0.3 is 60.6 Å². The molecule has 14 heteroatoms. The number of fused-ring (bicyclic) bond motifs is 1. The van der Waals surface area contributed by atoms with Crippen LogP contribution in [0.15, 0.2) is 48.5 Å². The summed E-state index contributed by atoms with van der Waals surface area (Å²) in [4.78, 5) is 36.1. The Bertz CT molecular complexity index is 1660. The number of rotatable bonds is 10. The maximum atomic E-state index is 13.3. The molecule has 0 aliphatic carbocycles. The van der Waals surface area contributed by atoms with Crippen molar-refractivity contribution in [2.75, 3.05) is 26.4 Å². The van der Waals surface area contributed by atoms with E-state index >= 15 is 0 Å². The first kappa shape index (κ1) is 42.8. The predicted molar refractivity (Wildman–Crippen MR) is 183 cm³/mol. The fourth-order valence-electron chi connectivity index (χ4n) is 5.06. The van der Waals surface area contributed by atoms with E-state index in [4.69, 9.17) is 29.7 Å².